The summed E-state index contributed by atoms with van der Waals surface area (Å²) in [5, 5.41) is 3.25. The van der Waals surface area contributed by atoms with E-state index in [1.165, 1.54) is 11.5 Å². The third kappa shape index (κ3) is 1.90. The van der Waals surface area contributed by atoms with Crippen LogP contribution in [0, 0.1) is 0 Å². The molecule has 2 aromatic rings. The van der Waals surface area contributed by atoms with Crippen molar-refractivity contribution in [3.63, 3.8) is 0 Å². The molecule has 2 aromatic heterocycles. The molecular formula is C10H11N3S. The van der Waals surface area contributed by atoms with Gasteiger partial charge in [-0.15, -0.1) is 0 Å². The summed E-state index contributed by atoms with van der Waals surface area (Å²) in [6.07, 6.45) is 3.61. The van der Waals surface area contributed by atoms with Gasteiger partial charge < -0.3 is 5.32 Å². The van der Waals surface area contributed by atoms with E-state index < -0.39 is 0 Å². The molecule has 0 atom stereocenters. The van der Waals surface area contributed by atoms with Crippen LogP contribution < -0.4 is 5.32 Å². The maximum atomic E-state index is 4.29. The lowest BCUT2D eigenvalue weighted by molar-refractivity contribution is 1.20. The second-order valence-electron chi connectivity index (χ2n) is 2.84. The van der Waals surface area contributed by atoms with Crippen molar-refractivity contribution in [2.45, 2.75) is 6.92 Å². The number of pyridine rings is 1. The summed E-state index contributed by atoms with van der Waals surface area (Å²) in [6.45, 7) is 3.00. The first-order chi connectivity index (χ1) is 6.90. The van der Waals surface area contributed by atoms with Gasteiger partial charge in [-0.1, -0.05) is 0 Å². The Kier molecular flexibility index (Phi) is 2.74. The molecule has 0 saturated heterocycles. The van der Waals surface area contributed by atoms with Crippen molar-refractivity contribution < 1.29 is 0 Å². The topological polar surface area (TPSA) is 37.8 Å². The van der Waals surface area contributed by atoms with Crippen molar-refractivity contribution >= 4 is 17.2 Å². The summed E-state index contributed by atoms with van der Waals surface area (Å²) in [5.74, 6) is 0. The Balaban J connectivity index is 2.31. The summed E-state index contributed by atoms with van der Waals surface area (Å²) in [7, 11) is 0. The van der Waals surface area contributed by atoms with Crippen LogP contribution in [0.25, 0.3) is 10.6 Å². The van der Waals surface area contributed by atoms with Crippen LogP contribution in [0.15, 0.2) is 30.6 Å². The third-order valence-corrected chi connectivity index (χ3v) is 2.60. The molecule has 72 valence electrons. The van der Waals surface area contributed by atoms with Crippen molar-refractivity contribution in [2.24, 2.45) is 0 Å². The molecule has 2 heterocycles. The van der Waals surface area contributed by atoms with E-state index in [1.807, 2.05) is 24.4 Å². The molecule has 0 amide bonds. The fourth-order valence-corrected chi connectivity index (χ4v) is 1.79. The smallest absolute Gasteiger partial charge is 0.0838 e. The van der Waals surface area contributed by atoms with Crippen LogP contribution >= 0.6 is 11.5 Å². The van der Waals surface area contributed by atoms with Gasteiger partial charge in [0.2, 0.25) is 0 Å². The molecule has 0 bridgehead atoms. The lowest BCUT2D eigenvalue weighted by Gasteiger charge is -2.03. The number of rotatable bonds is 3. The van der Waals surface area contributed by atoms with Gasteiger partial charge >= 0.3 is 0 Å². The monoisotopic (exact) mass is 205 g/mol. The minimum Gasteiger partial charge on any atom is -0.385 e. The van der Waals surface area contributed by atoms with E-state index in [2.05, 4.69) is 21.6 Å². The molecule has 0 saturated carbocycles. The third-order valence-electron chi connectivity index (χ3n) is 1.83. The van der Waals surface area contributed by atoms with Crippen LogP contribution in [0.4, 0.5) is 5.69 Å². The average molecular weight is 205 g/mol. The van der Waals surface area contributed by atoms with E-state index in [9.17, 15) is 0 Å². The second kappa shape index (κ2) is 4.19. The molecular weight excluding hydrogens is 194 g/mol. The SMILES string of the molecule is CCNc1ccnc(-c2ccns2)c1. The first kappa shape index (κ1) is 9.15. The van der Waals surface area contributed by atoms with Gasteiger partial charge in [0.15, 0.2) is 0 Å². The Hall–Kier alpha value is -1.42. The number of anilines is 1. The maximum Gasteiger partial charge on any atom is 0.0838 e. The number of hydrogen-bond donors (Lipinski definition) is 1. The summed E-state index contributed by atoms with van der Waals surface area (Å²) in [6, 6.07) is 5.98. The number of nitrogens with zero attached hydrogens (tertiary/aromatic N) is 2. The molecule has 1 N–H and O–H groups in total. The highest BCUT2D eigenvalue weighted by molar-refractivity contribution is 7.09. The van der Waals surface area contributed by atoms with Gasteiger partial charge in [-0.25, -0.2) is 4.37 Å². The van der Waals surface area contributed by atoms with Crippen LogP contribution in [-0.4, -0.2) is 15.9 Å². The zero-order valence-electron chi connectivity index (χ0n) is 7.90. The summed E-state index contributed by atoms with van der Waals surface area (Å²) in [5.41, 5.74) is 2.08. The predicted octanol–water partition coefficient (Wildman–Crippen LogP) is 2.64. The highest BCUT2D eigenvalue weighted by atomic mass is 32.1. The number of nitrogens with one attached hydrogen (secondary N) is 1. The van der Waals surface area contributed by atoms with E-state index in [1.54, 1.807) is 6.20 Å². The van der Waals surface area contributed by atoms with E-state index in [0.717, 1.165) is 22.8 Å². The van der Waals surface area contributed by atoms with Crippen LogP contribution in [0.2, 0.25) is 0 Å². The van der Waals surface area contributed by atoms with Crippen molar-refractivity contribution in [1.29, 1.82) is 0 Å². The normalized spacial score (nSPS) is 10.1. The quantitative estimate of drug-likeness (QED) is 0.837. The van der Waals surface area contributed by atoms with Gasteiger partial charge in [0.05, 0.1) is 10.6 Å². The largest absolute Gasteiger partial charge is 0.385 e. The van der Waals surface area contributed by atoms with Gasteiger partial charge in [0.1, 0.15) is 0 Å². The van der Waals surface area contributed by atoms with Crippen LogP contribution in [0.3, 0.4) is 0 Å². The van der Waals surface area contributed by atoms with Crippen LogP contribution in [0.1, 0.15) is 6.92 Å². The summed E-state index contributed by atoms with van der Waals surface area (Å²) < 4.78 is 4.06. The maximum absolute atomic E-state index is 4.29. The van der Waals surface area contributed by atoms with Crippen molar-refractivity contribution in [1.82, 2.24) is 9.36 Å². The van der Waals surface area contributed by atoms with Gasteiger partial charge in [-0.3, -0.25) is 4.98 Å². The molecule has 0 radical (unpaired) electrons. The lowest BCUT2D eigenvalue weighted by atomic mass is 10.3. The molecule has 0 aliphatic rings. The summed E-state index contributed by atoms with van der Waals surface area (Å²) in [4.78, 5) is 5.40. The van der Waals surface area contributed by atoms with Gasteiger partial charge in [-0.2, -0.15) is 0 Å². The van der Waals surface area contributed by atoms with E-state index in [0.29, 0.717) is 0 Å². The number of aromatic nitrogens is 2. The fraction of sp³-hybridized carbons (Fsp3) is 0.200. The molecule has 0 spiro atoms. The highest BCUT2D eigenvalue weighted by Crippen LogP contribution is 2.22. The predicted molar refractivity (Wildman–Crippen MR) is 59.5 cm³/mol. The van der Waals surface area contributed by atoms with E-state index in [4.69, 9.17) is 0 Å². The zero-order chi connectivity index (χ0) is 9.80. The Morgan fingerprint density at radius 1 is 1.36 bits per heavy atom. The Bertz CT molecular complexity index is 398. The highest BCUT2D eigenvalue weighted by Gasteiger charge is 2.01. The Morgan fingerprint density at radius 2 is 2.29 bits per heavy atom. The standard InChI is InChI=1S/C10H11N3S/c1-2-11-8-3-5-12-9(7-8)10-4-6-13-14-10/h3-7H,2H2,1H3,(H,11,12). The van der Waals surface area contributed by atoms with E-state index >= 15 is 0 Å². The van der Waals surface area contributed by atoms with E-state index in [-0.39, 0.29) is 0 Å². The molecule has 0 fully saturated rings. The van der Waals surface area contributed by atoms with Crippen LogP contribution in [-0.2, 0) is 0 Å². The van der Waals surface area contributed by atoms with Crippen molar-refractivity contribution in [3.05, 3.63) is 30.6 Å². The number of hydrogen-bond acceptors (Lipinski definition) is 4. The first-order valence-corrected chi connectivity index (χ1v) is 5.28. The summed E-state index contributed by atoms with van der Waals surface area (Å²) >= 11 is 1.46. The molecule has 14 heavy (non-hydrogen) atoms. The lowest BCUT2D eigenvalue weighted by Crippen LogP contribution is -1.96. The van der Waals surface area contributed by atoms with Gasteiger partial charge in [-0.05, 0) is 36.7 Å². The molecule has 0 aromatic carbocycles. The first-order valence-electron chi connectivity index (χ1n) is 4.51. The molecule has 2 rings (SSSR count). The van der Waals surface area contributed by atoms with Crippen LogP contribution in [0.5, 0.6) is 0 Å². The molecule has 0 unspecified atom stereocenters. The second-order valence-corrected chi connectivity index (χ2v) is 3.67. The van der Waals surface area contributed by atoms with Crippen molar-refractivity contribution in [2.75, 3.05) is 11.9 Å². The minimum atomic E-state index is 0.923. The molecule has 3 nitrogen and oxygen atoms in total. The van der Waals surface area contributed by atoms with Gasteiger partial charge in [0.25, 0.3) is 0 Å². The van der Waals surface area contributed by atoms with Gasteiger partial charge in [0, 0.05) is 24.6 Å². The molecule has 4 heteroatoms. The van der Waals surface area contributed by atoms with Crippen molar-refractivity contribution in [3.8, 4) is 10.6 Å². The zero-order valence-corrected chi connectivity index (χ0v) is 8.71. The molecule has 0 aliphatic heterocycles. The Labute approximate surface area is 87.0 Å². The minimum absolute atomic E-state index is 0.923. The molecule has 0 aliphatic carbocycles. The average Bonchev–Trinajstić information content (AvgIpc) is 2.71. The Morgan fingerprint density at radius 3 is 3.00 bits per heavy atom. The fourth-order valence-electron chi connectivity index (χ4n) is 1.23.